The zero-order valence-corrected chi connectivity index (χ0v) is 7.97. The van der Waals surface area contributed by atoms with Crippen LogP contribution in [0.5, 0.6) is 0 Å². The van der Waals surface area contributed by atoms with Crippen LogP contribution < -0.4 is 11.3 Å². The van der Waals surface area contributed by atoms with Crippen molar-refractivity contribution in [3.63, 3.8) is 0 Å². The molecule has 0 unspecified atom stereocenters. The summed E-state index contributed by atoms with van der Waals surface area (Å²) >= 11 is 3.30. The van der Waals surface area contributed by atoms with Crippen LogP contribution in [-0.4, -0.2) is 5.91 Å². The van der Waals surface area contributed by atoms with Crippen LogP contribution in [0.2, 0.25) is 0 Å². The largest absolute Gasteiger partial charge is 0.294 e. The molecule has 0 radical (unpaired) electrons. The lowest BCUT2D eigenvalue weighted by Gasteiger charge is -1.99. The Balaban J connectivity index is 2.64. The van der Waals surface area contributed by atoms with Gasteiger partial charge in [-0.05, 0) is 17.7 Å². The van der Waals surface area contributed by atoms with Crippen LogP contribution in [-0.2, 0) is 11.2 Å². The number of benzene rings is 1. The van der Waals surface area contributed by atoms with E-state index in [0.717, 1.165) is 10.0 Å². The number of hydrazine groups is 1. The highest BCUT2D eigenvalue weighted by molar-refractivity contribution is 9.10. The third-order valence-electron chi connectivity index (χ3n) is 1.44. The molecule has 12 heavy (non-hydrogen) atoms. The maximum atomic E-state index is 10.8. The first-order valence-corrected chi connectivity index (χ1v) is 4.25. The molecule has 0 fully saturated rings. The van der Waals surface area contributed by atoms with Crippen molar-refractivity contribution in [3.8, 4) is 0 Å². The fourth-order valence-electron chi connectivity index (χ4n) is 0.839. The van der Waals surface area contributed by atoms with Crippen LogP contribution in [0.4, 0.5) is 0 Å². The Hall–Kier alpha value is -0.870. The molecule has 0 aliphatic heterocycles. The molecule has 1 rings (SSSR count). The van der Waals surface area contributed by atoms with Crippen molar-refractivity contribution < 1.29 is 4.79 Å². The molecule has 64 valence electrons. The molecule has 0 saturated heterocycles. The van der Waals surface area contributed by atoms with E-state index in [4.69, 9.17) is 5.84 Å². The summed E-state index contributed by atoms with van der Waals surface area (Å²) in [5.74, 6) is 4.76. The highest BCUT2D eigenvalue weighted by atomic mass is 79.9. The van der Waals surface area contributed by atoms with Crippen molar-refractivity contribution >= 4 is 21.8 Å². The van der Waals surface area contributed by atoms with Crippen LogP contribution in [0.15, 0.2) is 28.7 Å². The van der Waals surface area contributed by atoms with Gasteiger partial charge in [0, 0.05) is 4.47 Å². The summed E-state index contributed by atoms with van der Waals surface area (Å²) < 4.78 is 0.999. The second-order valence-electron chi connectivity index (χ2n) is 2.37. The van der Waals surface area contributed by atoms with Crippen LogP contribution in [0.3, 0.4) is 0 Å². The van der Waals surface area contributed by atoms with Gasteiger partial charge in [0.2, 0.25) is 5.91 Å². The number of nitrogens with one attached hydrogen (secondary N) is 1. The van der Waals surface area contributed by atoms with Crippen LogP contribution in [0, 0.1) is 0 Å². The Morgan fingerprint density at radius 1 is 1.42 bits per heavy atom. The van der Waals surface area contributed by atoms with Gasteiger partial charge in [-0.25, -0.2) is 5.84 Å². The first-order chi connectivity index (χ1) is 5.72. The zero-order chi connectivity index (χ0) is 8.97. The number of carbonyl (C=O) groups is 1. The molecule has 0 aliphatic carbocycles. The van der Waals surface area contributed by atoms with Gasteiger partial charge in [-0.15, -0.1) is 0 Å². The summed E-state index contributed by atoms with van der Waals surface area (Å²) in [6, 6.07) is 7.52. The molecular formula is C8H9BrN2O. The highest BCUT2D eigenvalue weighted by Crippen LogP contribution is 2.10. The fourth-order valence-corrected chi connectivity index (χ4v) is 1.10. The minimum absolute atomic E-state index is 0.183. The quantitative estimate of drug-likeness (QED) is 0.451. The minimum Gasteiger partial charge on any atom is -0.294 e. The molecule has 1 aromatic rings. The van der Waals surface area contributed by atoms with E-state index in [-0.39, 0.29) is 5.91 Å². The molecule has 0 atom stereocenters. The molecule has 0 bridgehead atoms. The first kappa shape index (κ1) is 9.22. The summed E-state index contributed by atoms with van der Waals surface area (Å²) in [5.41, 5.74) is 3.02. The maximum absolute atomic E-state index is 10.8. The Bertz CT molecular complexity index is 271. The number of nitrogens with two attached hydrogens (primary N) is 1. The van der Waals surface area contributed by atoms with Gasteiger partial charge >= 0.3 is 0 Å². The lowest BCUT2D eigenvalue weighted by atomic mass is 10.1. The molecule has 3 nitrogen and oxygen atoms in total. The second kappa shape index (κ2) is 4.23. The van der Waals surface area contributed by atoms with Crippen molar-refractivity contribution in [3.05, 3.63) is 34.3 Å². The van der Waals surface area contributed by atoms with Gasteiger partial charge < -0.3 is 0 Å². The van der Waals surface area contributed by atoms with Crippen molar-refractivity contribution in [1.82, 2.24) is 5.43 Å². The van der Waals surface area contributed by atoms with Gasteiger partial charge in [0.15, 0.2) is 0 Å². The predicted molar refractivity (Wildman–Crippen MR) is 50.2 cm³/mol. The zero-order valence-electron chi connectivity index (χ0n) is 6.38. The number of hydrogen-bond donors (Lipinski definition) is 2. The molecule has 3 N–H and O–H groups in total. The first-order valence-electron chi connectivity index (χ1n) is 3.46. The Morgan fingerprint density at radius 2 is 2.00 bits per heavy atom. The lowest BCUT2D eigenvalue weighted by Crippen LogP contribution is -2.31. The summed E-state index contributed by atoms with van der Waals surface area (Å²) in [4.78, 5) is 10.8. The number of amides is 1. The number of halogens is 1. The number of rotatable bonds is 2. The molecule has 0 aromatic heterocycles. The van der Waals surface area contributed by atoms with Crippen molar-refractivity contribution in [2.75, 3.05) is 0 Å². The van der Waals surface area contributed by atoms with Crippen LogP contribution >= 0.6 is 15.9 Å². The number of hydrogen-bond acceptors (Lipinski definition) is 2. The summed E-state index contributed by atoms with van der Waals surface area (Å²) in [6.45, 7) is 0. The molecular weight excluding hydrogens is 220 g/mol. The standard InChI is InChI=1S/C8H9BrN2O/c9-7-3-1-6(2-4-7)5-8(12)11-10/h1-4H,5,10H2,(H,11,12). The average Bonchev–Trinajstić information content (AvgIpc) is 2.09. The maximum Gasteiger partial charge on any atom is 0.238 e. The van der Waals surface area contributed by atoms with Gasteiger partial charge in [-0.3, -0.25) is 10.2 Å². The van der Waals surface area contributed by atoms with Crippen molar-refractivity contribution in [2.24, 2.45) is 5.84 Å². The second-order valence-corrected chi connectivity index (χ2v) is 3.29. The average molecular weight is 229 g/mol. The highest BCUT2D eigenvalue weighted by Gasteiger charge is 1.99. The van der Waals surface area contributed by atoms with E-state index >= 15 is 0 Å². The molecule has 1 aromatic carbocycles. The number of carbonyl (C=O) groups excluding carboxylic acids is 1. The summed E-state index contributed by atoms with van der Waals surface area (Å²) in [7, 11) is 0. The summed E-state index contributed by atoms with van der Waals surface area (Å²) in [6.07, 6.45) is 0.323. The Kier molecular flexibility index (Phi) is 3.25. The SMILES string of the molecule is NNC(=O)Cc1ccc(Br)cc1. The van der Waals surface area contributed by atoms with E-state index < -0.39 is 0 Å². The molecule has 0 aliphatic rings. The molecule has 4 heteroatoms. The molecule has 1 amide bonds. The topological polar surface area (TPSA) is 55.1 Å². The van der Waals surface area contributed by atoms with E-state index in [1.807, 2.05) is 24.3 Å². The van der Waals surface area contributed by atoms with E-state index in [0.29, 0.717) is 6.42 Å². The smallest absolute Gasteiger partial charge is 0.238 e. The van der Waals surface area contributed by atoms with Gasteiger partial charge in [0.1, 0.15) is 0 Å². The van der Waals surface area contributed by atoms with Gasteiger partial charge in [0.05, 0.1) is 6.42 Å². The lowest BCUT2D eigenvalue weighted by molar-refractivity contribution is -0.120. The predicted octanol–water partition coefficient (Wildman–Crippen LogP) is 0.981. The van der Waals surface area contributed by atoms with E-state index in [2.05, 4.69) is 21.4 Å². The third-order valence-corrected chi connectivity index (χ3v) is 1.97. The monoisotopic (exact) mass is 228 g/mol. The third kappa shape index (κ3) is 2.64. The van der Waals surface area contributed by atoms with E-state index in [9.17, 15) is 4.79 Å². The normalized spacial score (nSPS) is 9.50. The fraction of sp³-hybridized carbons (Fsp3) is 0.125. The Labute approximate surface area is 79.1 Å². The minimum atomic E-state index is -0.183. The van der Waals surface area contributed by atoms with Gasteiger partial charge in [-0.1, -0.05) is 28.1 Å². The summed E-state index contributed by atoms with van der Waals surface area (Å²) in [5, 5.41) is 0. The van der Waals surface area contributed by atoms with Gasteiger partial charge in [-0.2, -0.15) is 0 Å². The van der Waals surface area contributed by atoms with E-state index in [1.165, 1.54) is 0 Å². The van der Waals surface area contributed by atoms with Crippen molar-refractivity contribution in [1.29, 1.82) is 0 Å². The molecule has 0 spiro atoms. The van der Waals surface area contributed by atoms with Gasteiger partial charge in [0.25, 0.3) is 0 Å². The Morgan fingerprint density at radius 3 is 2.50 bits per heavy atom. The van der Waals surface area contributed by atoms with Crippen LogP contribution in [0.25, 0.3) is 0 Å². The molecule has 0 saturated carbocycles. The van der Waals surface area contributed by atoms with E-state index in [1.54, 1.807) is 0 Å². The van der Waals surface area contributed by atoms with Crippen LogP contribution in [0.1, 0.15) is 5.56 Å². The van der Waals surface area contributed by atoms with Crippen molar-refractivity contribution in [2.45, 2.75) is 6.42 Å². The molecule has 0 heterocycles.